The van der Waals surface area contributed by atoms with E-state index < -0.39 is 17.6 Å². The lowest BCUT2D eigenvalue weighted by Crippen LogP contribution is -2.08. The minimum Gasteiger partial charge on any atom is -0.477 e. The number of aromatic carboxylic acids is 1. The van der Waals surface area contributed by atoms with Crippen molar-refractivity contribution in [2.75, 3.05) is 11.1 Å². The van der Waals surface area contributed by atoms with Crippen molar-refractivity contribution in [1.82, 2.24) is 4.98 Å². The molecule has 0 amide bonds. The fraction of sp³-hybridized carbons (Fsp3) is 0.0769. The van der Waals surface area contributed by atoms with Gasteiger partial charge in [0.1, 0.15) is 5.82 Å². The molecule has 104 valence electrons. The van der Waals surface area contributed by atoms with Crippen LogP contribution in [0.25, 0.3) is 0 Å². The molecule has 0 aliphatic rings. The van der Waals surface area contributed by atoms with Crippen molar-refractivity contribution in [2.24, 2.45) is 0 Å². The van der Waals surface area contributed by atoms with E-state index in [-0.39, 0.29) is 23.7 Å². The van der Waals surface area contributed by atoms with Crippen molar-refractivity contribution in [3.05, 3.63) is 53.2 Å². The second kappa shape index (κ2) is 5.52. The minimum atomic E-state index is -1.18. The van der Waals surface area contributed by atoms with Crippen LogP contribution in [0.15, 0.2) is 30.3 Å². The zero-order chi connectivity index (χ0) is 14.7. The summed E-state index contributed by atoms with van der Waals surface area (Å²) in [6.45, 7) is 0.136. The number of nitrogens with one attached hydrogen (secondary N) is 1. The number of nitrogens with two attached hydrogens (primary N) is 1. The maximum atomic E-state index is 13.0. The van der Waals surface area contributed by atoms with Crippen LogP contribution in [0, 0.1) is 11.6 Å². The van der Waals surface area contributed by atoms with E-state index in [1.54, 1.807) is 0 Å². The maximum absolute atomic E-state index is 13.0. The molecular weight excluding hydrogens is 268 g/mol. The van der Waals surface area contributed by atoms with Crippen LogP contribution in [0.1, 0.15) is 16.1 Å². The average Bonchev–Trinajstić information content (AvgIpc) is 2.41. The van der Waals surface area contributed by atoms with E-state index >= 15 is 0 Å². The van der Waals surface area contributed by atoms with Crippen molar-refractivity contribution in [3.8, 4) is 0 Å². The normalized spacial score (nSPS) is 10.3. The predicted molar refractivity (Wildman–Crippen MR) is 69.3 cm³/mol. The number of hydrogen-bond donors (Lipinski definition) is 3. The van der Waals surface area contributed by atoms with Crippen molar-refractivity contribution in [3.63, 3.8) is 0 Å². The molecule has 20 heavy (non-hydrogen) atoms. The largest absolute Gasteiger partial charge is 0.477 e. The zero-order valence-corrected chi connectivity index (χ0v) is 10.2. The number of carbonyl (C=O) groups is 1. The summed E-state index contributed by atoms with van der Waals surface area (Å²) in [4.78, 5) is 14.6. The van der Waals surface area contributed by atoms with Gasteiger partial charge in [-0.3, -0.25) is 0 Å². The molecule has 0 fully saturated rings. The van der Waals surface area contributed by atoms with Gasteiger partial charge < -0.3 is 16.2 Å². The highest BCUT2D eigenvalue weighted by Gasteiger charge is 2.09. The highest BCUT2D eigenvalue weighted by atomic mass is 19.2. The average molecular weight is 279 g/mol. The highest BCUT2D eigenvalue weighted by molar-refractivity contribution is 5.86. The fourth-order valence-electron chi connectivity index (χ4n) is 1.57. The maximum Gasteiger partial charge on any atom is 0.354 e. The Kier molecular flexibility index (Phi) is 3.79. The molecule has 0 radical (unpaired) electrons. The smallest absolute Gasteiger partial charge is 0.354 e. The number of anilines is 2. The Morgan fingerprint density at radius 1 is 1.25 bits per heavy atom. The van der Waals surface area contributed by atoms with Gasteiger partial charge in [0.25, 0.3) is 0 Å². The number of aromatic nitrogens is 1. The molecule has 0 atom stereocenters. The molecule has 1 aromatic carbocycles. The van der Waals surface area contributed by atoms with E-state index in [9.17, 15) is 13.6 Å². The van der Waals surface area contributed by atoms with Gasteiger partial charge in [0.05, 0.1) is 5.69 Å². The molecule has 2 rings (SSSR count). The van der Waals surface area contributed by atoms with Crippen LogP contribution in [0.3, 0.4) is 0 Å². The number of carboxylic acids is 1. The van der Waals surface area contributed by atoms with Gasteiger partial charge in [-0.2, -0.15) is 0 Å². The molecule has 0 unspecified atom stereocenters. The summed E-state index contributed by atoms with van der Waals surface area (Å²) < 4.78 is 25.8. The van der Waals surface area contributed by atoms with Gasteiger partial charge in [-0.15, -0.1) is 0 Å². The van der Waals surface area contributed by atoms with E-state index in [1.165, 1.54) is 18.2 Å². The van der Waals surface area contributed by atoms with Gasteiger partial charge in [0.15, 0.2) is 17.3 Å². The molecule has 0 aliphatic carbocycles. The third kappa shape index (κ3) is 3.00. The number of hydrogen-bond acceptors (Lipinski definition) is 4. The summed E-state index contributed by atoms with van der Waals surface area (Å²) in [5.74, 6) is -2.89. The summed E-state index contributed by atoms with van der Waals surface area (Å²) in [6.07, 6.45) is 0. The molecule has 0 saturated heterocycles. The first-order valence-electron chi connectivity index (χ1n) is 5.65. The molecule has 0 saturated carbocycles. The van der Waals surface area contributed by atoms with Gasteiger partial charge in [-0.25, -0.2) is 18.6 Å². The first-order chi connectivity index (χ1) is 9.47. The number of rotatable bonds is 4. The second-order valence-corrected chi connectivity index (χ2v) is 4.04. The van der Waals surface area contributed by atoms with E-state index in [1.807, 2.05) is 0 Å². The standard InChI is InChI=1S/C13H11F2N3O2/c14-8-2-1-7(5-9(8)15)6-17-12-10(16)3-4-11(18-12)13(19)20/h1-5H,6,16H2,(H,17,18)(H,19,20). The number of pyridine rings is 1. The Morgan fingerprint density at radius 3 is 2.65 bits per heavy atom. The topological polar surface area (TPSA) is 88.2 Å². The Bertz CT molecular complexity index is 662. The minimum absolute atomic E-state index is 0.136. The zero-order valence-electron chi connectivity index (χ0n) is 10.2. The molecular formula is C13H11F2N3O2. The van der Waals surface area contributed by atoms with Gasteiger partial charge in [0.2, 0.25) is 0 Å². The lowest BCUT2D eigenvalue weighted by molar-refractivity contribution is 0.0690. The molecule has 1 heterocycles. The van der Waals surface area contributed by atoms with E-state index in [4.69, 9.17) is 10.8 Å². The summed E-state index contributed by atoms with van der Waals surface area (Å²) in [6, 6.07) is 6.14. The van der Waals surface area contributed by atoms with Gasteiger partial charge in [-0.05, 0) is 29.8 Å². The van der Waals surface area contributed by atoms with Crippen molar-refractivity contribution in [1.29, 1.82) is 0 Å². The molecule has 0 spiro atoms. The molecule has 0 bridgehead atoms. The Morgan fingerprint density at radius 2 is 2.00 bits per heavy atom. The van der Waals surface area contributed by atoms with Crippen LogP contribution in [-0.2, 0) is 6.54 Å². The lowest BCUT2D eigenvalue weighted by Gasteiger charge is -2.09. The first kappa shape index (κ1) is 13.7. The van der Waals surface area contributed by atoms with E-state index in [0.29, 0.717) is 5.56 Å². The van der Waals surface area contributed by atoms with E-state index in [0.717, 1.165) is 12.1 Å². The Hall–Kier alpha value is -2.70. The number of halogens is 2. The lowest BCUT2D eigenvalue weighted by atomic mass is 10.2. The molecule has 0 aliphatic heterocycles. The van der Waals surface area contributed by atoms with Crippen LogP contribution >= 0.6 is 0 Å². The van der Waals surface area contributed by atoms with Crippen molar-refractivity contribution < 1.29 is 18.7 Å². The Balaban J connectivity index is 2.15. The van der Waals surface area contributed by atoms with Gasteiger partial charge in [0, 0.05) is 6.54 Å². The molecule has 1 aromatic heterocycles. The van der Waals surface area contributed by atoms with Crippen molar-refractivity contribution in [2.45, 2.75) is 6.54 Å². The molecule has 2 aromatic rings. The number of carboxylic acid groups (broad SMARTS) is 1. The van der Waals surface area contributed by atoms with Crippen LogP contribution in [0.5, 0.6) is 0 Å². The second-order valence-electron chi connectivity index (χ2n) is 4.04. The highest BCUT2D eigenvalue weighted by Crippen LogP contribution is 2.17. The molecule has 4 N–H and O–H groups in total. The molecule has 7 heteroatoms. The third-order valence-electron chi connectivity index (χ3n) is 2.59. The van der Waals surface area contributed by atoms with Crippen LogP contribution in [-0.4, -0.2) is 16.1 Å². The van der Waals surface area contributed by atoms with Crippen LogP contribution in [0.4, 0.5) is 20.3 Å². The molecule has 5 nitrogen and oxygen atoms in total. The number of nitrogen functional groups attached to an aromatic ring is 1. The summed E-state index contributed by atoms with van der Waals surface area (Å²) in [5, 5.41) is 11.6. The van der Waals surface area contributed by atoms with Gasteiger partial charge in [-0.1, -0.05) is 6.07 Å². The summed E-state index contributed by atoms with van der Waals surface area (Å²) in [5.41, 5.74) is 6.23. The first-order valence-corrected chi connectivity index (χ1v) is 5.65. The van der Waals surface area contributed by atoms with E-state index in [2.05, 4.69) is 10.3 Å². The Labute approximate surface area is 113 Å². The third-order valence-corrected chi connectivity index (χ3v) is 2.59. The fourth-order valence-corrected chi connectivity index (χ4v) is 1.57. The van der Waals surface area contributed by atoms with Crippen molar-refractivity contribution >= 4 is 17.5 Å². The number of benzene rings is 1. The van der Waals surface area contributed by atoms with Crippen LogP contribution in [0.2, 0.25) is 0 Å². The monoisotopic (exact) mass is 279 g/mol. The summed E-state index contributed by atoms with van der Waals surface area (Å²) >= 11 is 0. The SMILES string of the molecule is Nc1ccc(C(=O)O)nc1NCc1ccc(F)c(F)c1. The van der Waals surface area contributed by atoms with Crippen LogP contribution < -0.4 is 11.1 Å². The number of nitrogens with zero attached hydrogens (tertiary/aromatic N) is 1. The quantitative estimate of drug-likeness (QED) is 0.799. The van der Waals surface area contributed by atoms with Gasteiger partial charge >= 0.3 is 5.97 Å². The predicted octanol–water partition coefficient (Wildman–Crippen LogP) is 2.25. The summed E-state index contributed by atoms with van der Waals surface area (Å²) in [7, 11) is 0.